The number of carbonyl (C=O) groups excluding carboxylic acids is 1. The van der Waals surface area contributed by atoms with Gasteiger partial charge in [0.25, 0.3) is 5.91 Å². The van der Waals surface area contributed by atoms with Crippen LogP contribution >= 0.6 is 0 Å². The molecule has 1 aromatic rings. The van der Waals surface area contributed by atoms with Crippen LogP contribution in [0.1, 0.15) is 35.2 Å². The molecule has 21 heavy (non-hydrogen) atoms. The molecule has 0 unspecified atom stereocenters. The second-order valence-corrected chi connectivity index (χ2v) is 6.43. The average molecular weight is 289 g/mol. The fourth-order valence-electron chi connectivity index (χ4n) is 3.10. The third-order valence-corrected chi connectivity index (χ3v) is 4.79. The highest BCUT2D eigenvalue weighted by molar-refractivity contribution is 5.99. The summed E-state index contributed by atoms with van der Waals surface area (Å²) >= 11 is 0. The van der Waals surface area contributed by atoms with Crippen LogP contribution in [0.2, 0.25) is 0 Å². The molecule has 1 aliphatic carbocycles. The highest BCUT2D eigenvalue weighted by Crippen LogP contribution is 2.37. The minimum absolute atomic E-state index is 0.0903. The van der Waals surface area contributed by atoms with Crippen LogP contribution in [0.15, 0.2) is 18.2 Å². The highest BCUT2D eigenvalue weighted by Gasteiger charge is 2.40. The summed E-state index contributed by atoms with van der Waals surface area (Å²) in [4.78, 5) is 16.9. The Kier molecular flexibility index (Phi) is 4.57. The van der Waals surface area contributed by atoms with Crippen LogP contribution in [0.4, 0.5) is 5.69 Å². The number of hydrogen-bond acceptors (Lipinski definition) is 3. The van der Waals surface area contributed by atoms with Gasteiger partial charge in [0, 0.05) is 31.9 Å². The van der Waals surface area contributed by atoms with Crippen LogP contribution in [-0.4, -0.2) is 56.0 Å². The first-order valence-electron chi connectivity index (χ1n) is 7.61. The summed E-state index contributed by atoms with van der Waals surface area (Å²) in [6, 6.07) is 5.93. The molecule has 0 atom stereocenters. The van der Waals surface area contributed by atoms with Crippen LogP contribution in [-0.2, 0) is 0 Å². The van der Waals surface area contributed by atoms with Crippen LogP contribution in [0.25, 0.3) is 0 Å². The molecule has 1 aliphatic rings. The molecule has 1 aromatic carbocycles. The molecule has 4 heteroatoms. The first kappa shape index (κ1) is 15.8. The lowest BCUT2D eigenvalue weighted by Gasteiger charge is -2.49. The number of likely N-dealkylation sites (N-methyl/N-ethyl adjacent to an activating group) is 2. The summed E-state index contributed by atoms with van der Waals surface area (Å²) < 4.78 is 0. The molecule has 0 radical (unpaired) electrons. The summed E-state index contributed by atoms with van der Waals surface area (Å²) in [5.74, 6) is 0.0903. The van der Waals surface area contributed by atoms with E-state index < -0.39 is 0 Å². The van der Waals surface area contributed by atoms with Gasteiger partial charge in [0.1, 0.15) is 0 Å². The van der Waals surface area contributed by atoms with Gasteiger partial charge in [-0.25, -0.2) is 0 Å². The largest absolute Gasteiger partial charge is 0.387 e. The molecule has 4 nitrogen and oxygen atoms in total. The first-order valence-corrected chi connectivity index (χ1v) is 7.61. The van der Waals surface area contributed by atoms with Gasteiger partial charge in [-0.15, -0.1) is 0 Å². The van der Waals surface area contributed by atoms with Gasteiger partial charge in [-0.2, -0.15) is 0 Å². The zero-order valence-corrected chi connectivity index (χ0v) is 13.9. The smallest absolute Gasteiger partial charge is 0.255 e. The van der Waals surface area contributed by atoms with Crippen molar-refractivity contribution < 1.29 is 4.79 Å². The van der Waals surface area contributed by atoms with Gasteiger partial charge < -0.3 is 15.1 Å². The van der Waals surface area contributed by atoms with E-state index in [4.69, 9.17) is 0 Å². The lowest BCUT2D eigenvalue weighted by molar-refractivity contribution is 0.0253. The lowest BCUT2D eigenvalue weighted by atomic mass is 9.75. The molecule has 0 aromatic heterocycles. The van der Waals surface area contributed by atoms with Crippen LogP contribution in [0, 0.1) is 6.92 Å². The van der Waals surface area contributed by atoms with Crippen molar-refractivity contribution in [2.45, 2.75) is 31.7 Å². The maximum Gasteiger partial charge on any atom is 0.255 e. The molecule has 2 rings (SSSR count). The van der Waals surface area contributed by atoms with E-state index in [0.717, 1.165) is 23.4 Å². The van der Waals surface area contributed by atoms with Crippen molar-refractivity contribution in [1.29, 1.82) is 0 Å². The SMILES string of the molecule is CNc1cc(C)ccc1C(=O)N(C)CC1(N(C)C)CCC1. The van der Waals surface area contributed by atoms with Gasteiger partial charge in [-0.05, 0) is 58.0 Å². The fraction of sp³-hybridized carbons (Fsp3) is 0.588. The number of amides is 1. The molecule has 1 amide bonds. The minimum Gasteiger partial charge on any atom is -0.387 e. The van der Waals surface area contributed by atoms with Gasteiger partial charge in [-0.1, -0.05) is 6.07 Å². The normalized spacial score (nSPS) is 16.5. The first-order chi connectivity index (χ1) is 9.89. The van der Waals surface area contributed by atoms with E-state index in [1.165, 1.54) is 19.3 Å². The van der Waals surface area contributed by atoms with E-state index in [9.17, 15) is 4.79 Å². The molecule has 1 fully saturated rings. The maximum absolute atomic E-state index is 12.7. The summed E-state index contributed by atoms with van der Waals surface area (Å²) in [6.45, 7) is 2.82. The van der Waals surface area contributed by atoms with E-state index in [2.05, 4.69) is 24.3 Å². The van der Waals surface area contributed by atoms with Crippen molar-refractivity contribution in [3.05, 3.63) is 29.3 Å². The van der Waals surface area contributed by atoms with Crippen molar-refractivity contribution in [1.82, 2.24) is 9.80 Å². The molecule has 0 saturated heterocycles. The number of aryl methyl sites for hydroxylation is 1. The number of hydrogen-bond donors (Lipinski definition) is 1. The van der Waals surface area contributed by atoms with Crippen molar-refractivity contribution >= 4 is 11.6 Å². The summed E-state index contributed by atoms with van der Waals surface area (Å²) in [6.07, 6.45) is 3.60. The molecule has 1 N–H and O–H groups in total. The Morgan fingerprint density at radius 1 is 1.29 bits per heavy atom. The number of benzene rings is 1. The van der Waals surface area contributed by atoms with Gasteiger partial charge >= 0.3 is 0 Å². The standard InChI is InChI=1S/C17H27N3O/c1-13-7-8-14(15(11-13)18-2)16(21)20(5)12-17(19(3)4)9-6-10-17/h7-8,11,18H,6,9-10,12H2,1-5H3. The third kappa shape index (κ3) is 3.05. The Labute approximate surface area is 128 Å². The average Bonchev–Trinajstić information content (AvgIpc) is 2.41. The molecule has 116 valence electrons. The van der Waals surface area contributed by atoms with E-state index in [1.54, 1.807) is 0 Å². The van der Waals surface area contributed by atoms with Crippen LogP contribution < -0.4 is 5.32 Å². The molecule has 0 aliphatic heterocycles. The maximum atomic E-state index is 12.7. The lowest BCUT2D eigenvalue weighted by Crippen LogP contribution is -2.57. The zero-order chi connectivity index (χ0) is 15.6. The van der Waals surface area contributed by atoms with Crippen molar-refractivity contribution in [2.24, 2.45) is 0 Å². The molecule has 1 saturated carbocycles. The Hall–Kier alpha value is -1.55. The Bertz CT molecular complexity index is 521. The van der Waals surface area contributed by atoms with E-state index in [0.29, 0.717) is 0 Å². The summed E-state index contributed by atoms with van der Waals surface area (Å²) in [5, 5.41) is 3.13. The predicted octanol–water partition coefficient (Wildman–Crippen LogP) is 2.59. The van der Waals surface area contributed by atoms with Crippen LogP contribution in [0.5, 0.6) is 0 Å². The monoisotopic (exact) mass is 289 g/mol. The van der Waals surface area contributed by atoms with Gasteiger partial charge in [0.15, 0.2) is 0 Å². The van der Waals surface area contributed by atoms with Gasteiger partial charge in [-0.3, -0.25) is 4.79 Å². The van der Waals surface area contributed by atoms with E-state index in [1.807, 2.05) is 44.1 Å². The fourth-order valence-corrected chi connectivity index (χ4v) is 3.10. The molecule has 0 spiro atoms. The number of rotatable bonds is 5. The molecule has 0 bridgehead atoms. The van der Waals surface area contributed by atoms with Crippen molar-refractivity contribution in [3.63, 3.8) is 0 Å². The zero-order valence-electron chi connectivity index (χ0n) is 13.9. The highest BCUT2D eigenvalue weighted by atomic mass is 16.2. The minimum atomic E-state index is 0.0903. The van der Waals surface area contributed by atoms with Crippen LogP contribution in [0.3, 0.4) is 0 Å². The van der Waals surface area contributed by atoms with Gasteiger partial charge in [0.2, 0.25) is 0 Å². The molecular weight excluding hydrogens is 262 g/mol. The topological polar surface area (TPSA) is 35.6 Å². The van der Waals surface area contributed by atoms with Crippen molar-refractivity contribution in [2.75, 3.05) is 40.1 Å². The summed E-state index contributed by atoms with van der Waals surface area (Å²) in [5.41, 5.74) is 2.97. The number of carbonyl (C=O) groups is 1. The molecule has 0 heterocycles. The summed E-state index contributed by atoms with van der Waals surface area (Å²) in [7, 11) is 7.99. The van der Waals surface area contributed by atoms with E-state index >= 15 is 0 Å². The Morgan fingerprint density at radius 3 is 2.43 bits per heavy atom. The molecular formula is C17H27N3O. The van der Waals surface area contributed by atoms with Crippen molar-refractivity contribution in [3.8, 4) is 0 Å². The Morgan fingerprint density at radius 2 is 1.95 bits per heavy atom. The Balaban J connectivity index is 2.16. The predicted molar refractivity (Wildman–Crippen MR) is 88.0 cm³/mol. The van der Waals surface area contributed by atoms with E-state index in [-0.39, 0.29) is 11.4 Å². The second-order valence-electron chi connectivity index (χ2n) is 6.43. The quantitative estimate of drug-likeness (QED) is 0.905. The van der Waals surface area contributed by atoms with Gasteiger partial charge in [0.05, 0.1) is 5.56 Å². The number of anilines is 1. The number of nitrogens with zero attached hydrogens (tertiary/aromatic N) is 2. The third-order valence-electron chi connectivity index (χ3n) is 4.79. The number of nitrogens with one attached hydrogen (secondary N) is 1. The second kappa shape index (κ2) is 6.06.